The van der Waals surface area contributed by atoms with Crippen LogP contribution in [0.3, 0.4) is 0 Å². The highest BCUT2D eigenvalue weighted by atomic mass is 79.9. The molecule has 1 amide bonds. The average Bonchev–Trinajstić information content (AvgIpc) is 2.64. The van der Waals surface area contributed by atoms with E-state index in [2.05, 4.69) is 21.2 Å². The predicted molar refractivity (Wildman–Crippen MR) is 95.1 cm³/mol. The maximum Gasteiger partial charge on any atom is 0.407 e. The van der Waals surface area contributed by atoms with Crippen LogP contribution in [0.1, 0.15) is 27.6 Å². The second kappa shape index (κ2) is 9.31. The predicted octanol–water partition coefficient (Wildman–Crippen LogP) is 2.58. The number of hydrogen-bond acceptors (Lipinski definition) is 5. The van der Waals surface area contributed by atoms with Crippen molar-refractivity contribution >= 4 is 28.3 Å². The van der Waals surface area contributed by atoms with Crippen LogP contribution in [0, 0.1) is 0 Å². The fraction of sp³-hybridized carbons (Fsp3) is 0.222. The number of benzene rings is 2. The van der Waals surface area contributed by atoms with Crippen LogP contribution in [0.5, 0.6) is 0 Å². The van der Waals surface area contributed by atoms with Crippen molar-refractivity contribution < 1.29 is 24.5 Å². The van der Waals surface area contributed by atoms with Gasteiger partial charge in [0, 0.05) is 16.6 Å². The number of carbonyl (C=O) groups excluding carboxylic acids is 2. The molecule has 0 radical (unpaired) electrons. The van der Waals surface area contributed by atoms with E-state index in [1.54, 1.807) is 12.1 Å². The van der Waals surface area contributed by atoms with Crippen LogP contribution in [0.4, 0.5) is 4.79 Å². The summed E-state index contributed by atoms with van der Waals surface area (Å²) >= 11 is 3.23. The van der Waals surface area contributed by atoms with E-state index in [-0.39, 0.29) is 13.2 Å². The number of amides is 1. The van der Waals surface area contributed by atoms with E-state index in [0.29, 0.717) is 21.9 Å². The van der Waals surface area contributed by atoms with E-state index in [9.17, 15) is 19.8 Å². The van der Waals surface area contributed by atoms with E-state index in [1.165, 1.54) is 6.07 Å². The molecule has 0 spiro atoms. The van der Waals surface area contributed by atoms with Crippen LogP contribution in [0.15, 0.2) is 53.0 Å². The van der Waals surface area contributed by atoms with Crippen LogP contribution in [-0.4, -0.2) is 35.2 Å². The monoisotopic (exact) mass is 407 g/mol. The Bertz CT molecular complexity index is 723. The minimum Gasteiger partial charge on any atom is -0.445 e. The van der Waals surface area contributed by atoms with E-state index < -0.39 is 18.3 Å². The maximum absolute atomic E-state index is 11.7. The lowest BCUT2D eigenvalue weighted by Gasteiger charge is -2.19. The smallest absolute Gasteiger partial charge is 0.407 e. The Labute approximate surface area is 153 Å². The molecule has 6 nitrogen and oxygen atoms in total. The third-order valence-electron chi connectivity index (χ3n) is 3.45. The van der Waals surface area contributed by atoms with Crippen molar-refractivity contribution in [2.24, 2.45) is 0 Å². The number of aliphatic hydroxyl groups is 2. The first-order valence-corrected chi connectivity index (χ1v) is 8.35. The van der Waals surface area contributed by atoms with Gasteiger partial charge in [-0.2, -0.15) is 0 Å². The zero-order chi connectivity index (χ0) is 18.2. The van der Waals surface area contributed by atoms with Crippen molar-refractivity contribution in [2.75, 3.05) is 6.54 Å². The molecule has 0 aliphatic rings. The summed E-state index contributed by atoms with van der Waals surface area (Å²) in [6, 6.07) is 13.8. The Morgan fingerprint density at radius 2 is 1.92 bits per heavy atom. The first kappa shape index (κ1) is 19.1. The number of nitrogens with one attached hydrogen (secondary N) is 1. The number of aliphatic hydroxyl groups excluding tert-OH is 2. The largest absolute Gasteiger partial charge is 0.445 e. The zero-order valence-corrected chi connectivity index (χ0v) is 14.8. The lowest BCUT2D eigenvalue weighted by atomic mass is 10.0. The third-order valence-corrected chi connectivity index (χ3v) is 3.91. The third kappa shape index (κ3) is 5.97. The quantitative estimate of drug-likeness (QED) is 0.613. The number of halogens is 1. The van der Waals surface area contributed by atoms with E-state index >= 15 is 0 Å². The zero-order valence-electron chi connectivity index (χ0n) is 13.3. The van der Waals surface area contributed by atoms with E-state index in [1.807, 2.05) is 30.3 Å². The molecule has 0 saturated heterocycles. The van der Waals surface area contributed by atoms with Gasteiger partial charge in [0.2, 0.25) is 0 Å². The van der Waals surface area contributed by atoms with Gasteiger partial charge in [-0.1, -0.05) is 46.3 Å². The second-order valence-corrected chi connectivity index (χ2v) is 6.31. The highest BCUT2D eigenvalue weighted by Gasteiger charge is 2.20. The molecule has 2 atom stereocenters. The van der Waals surface area contributed by atoms with Crippen LogP contribution < -0.4 is 5.32 Å². The van der Waals surface area contributed by atoms with E-state index in [4.69, 9.17) is 4.74 Å². The van der Waals surface area contributed by atoms with Gasteiger partial charge in [-0.05, 0) is 29.3 Å². The lowest BCUT2D eigenvalue weighted by molar-refractivity contribution is 0.0183. The summed E-state index contributed by atoms with van der Waals surface area (Å²) < 4.78 is 5.63. The number of rotatable bonds is 7. The standard InChI is InChI=1S/C18H18BrNO5/c19-15-7-13(10-21)6-14(8-15)17(23)16(22)9-20-18(24)25-11-12-4-2-1-3-5-12/h1-8,10,16-17,22-23H,9,11H2,(H,20,24). The molecule has 25 heavy (non-hydrogen) atoms. The number of ether oxygens (including phenoxy) is 1. The van der Waals surface area contributed by atoms with Gasteiger partial charge in [0.15, 0.2) is 0 Å². The average molecular weight is 408 g/mol. The Morgan fingerprint density at radius 1 is 1.20 bits per heavy atom. The summed E-state index contributed by atoms with van der Waals surface area (Å²) in [7, 11) is 0. The summed E-state index contributed by atoms with van der Waals surface area (Å²) in [4.78, 5) is 22.5. The lowest BCUT2D eigenvalue weighted by Crippen LogP contribution is -2.35. The van der Waals surface area contributed by atoms with Gasteiger partial charge in [0.05, 0.1) is 0 Å². The van der Waals surface area contributed by atoms with Crippen LogP contribution >= 0.6 is 15.9 Å². The summed E-state index contributed by atoms with van der Waals surface area (Å²) in [5.41, 5.74) is 1.57. The van der Waals surface area contributed by atoms with Gasteiger partial charge in [0.25, 0.3) is 0 Å². The van der Waals surface area contributed by atoms with Gasteiger partial charge in [0.1, 0.15) is 25.1 Å². The van der Waals surface area contributed by atoms with Crippen LogP contribution in [0.2, 0.25) is 0 Å². The fourth-order valence-corrected chi connectivity index (χ4v) is 2.70. The molecule has 2 aromatic carbocycles. The van der Waals surface area contributed by atoms with Crippen molar-refractivity contribution in [3.05, 3.63) is 69.7 Å². The molecule has 0 heterocycles. The Morgan fingerprint density at radius 3 is 2.60 bits per heavy atom. The second-order valence-electron chi connectivity index (χ2n) is 5.39. The minimum absolute atomic E-state index is 0.111. The van der Waals surface area contributed by atoms with Gasteiger partial charge < -0.3 is 20.3 Å². The summed E-state index contributed by atoms with van der Waals surface area (Å²) in [6.45, 7) is -0.0859. The van der Waals surface area contributed by atoms with Crippen molar-refractivity contribution in [2.45, 2.75) is 18.8 Å². The first-order valence-electron chi connectivity index (χ1n) is 7.56. The van der Waals surface area contributed by atoms with Gasteiger partial charge >= 0.3 is 6.09 Å². The molecular formula is C18H18BrNO5. The van der Waals surface area contributed by atoms with Gasteiger partial charge in [-0.25, -0.2) is 4.79 Å². The number of hydrogen-bond donors (Lipinski definition) is 3. The molecule has 0 aliphatic heterocycles. The molecule has 0 aliphatic carbocycles. The first-order chi connectivity index (χ1) is 12.0. The number of carbonyl (C=O) groups is 2. The summed E-state index contributed by atoms with van der Waals surface area (Å²) in [5.74, 6) is 0. The minimum atomic E-state index is -1.26. The molecule has 2 aromatic rings. The molecule has 7 heteroatoms. The highest BCUT2D eigenvalue weighted by Crippen LogP contribution is 2.22. The number of alkyl carbamates (subject to hydrolysis) is 1. The Hall–Kier alpha value is -2.22. The van der Waals surface area contributed by atoms with Crippen molar-refractivity contribution in [3.63, 3.8) is 0 Å². The SMILES string of the molecule is O=Cc1cc(Br)cc(C(O)C(O)CNC(=O)OCc2ccccc2)c1. The number of aldehydes is 1. The van der Waals surface area contributed by atoms with E-state index in [0.717, 1.165) is 5.56 Å². The van der Waals surface area contributed by atoms with Gasteiger partial charge in [-0.3, -0.25) is 4.79 Å². The van der Waals surface area contributed by atoms with Crippen LogP contribution in [0.25, 0.3) is 0 Å². The van der Waals surface area contributed by atoms with Crippen molar-refractivity contribution in [1.29, 1.82) is 0 Å². The molecule has 0 saturated carbocycles. The Balaban J connectivity index is 1.84. The van der Waals surface area contributed by atoms with Crippen molar-refractivity contribution in [3.8, 4) is 0 Å². The molecule has 0 fully saturated rings. The summed E-state index contributed by atoms with van der Waals surface area (Å²) in [6.07, 6.45) is -2.56. The molecule has 2 rings (SSSR count). The molecule has 0 bridgehead atoms. The Kier molecular flexibility index (Phi) is 7.12. The maximum atomic E-state index is 11.7. The summed E-state index contributed by atoms with van der Waals surface area (Å²) in [5, 5.41) is 22.6. The molecular weight excluding hydrogens is 390 g/mol. The molecule has 3 N–H and O–H groups in total. The molecule has 2 unspecified atom stereocenters. The fourth-order valence-electron chi connectivity index (χ4n) is 2.17. The topological polar surface area (TPSA) is 95.9 Å². The molecule has 132 valence electrons. The normalized spacial score (nSPS) is 12.9. The van der Waals surface area contributed by atoms with Crippen LogP contribution in [-0.2, 0) is 11.3 Å². The highest BCUT2D eigenvalue weighted by molar-refractivity contribution is 9.10. The van der Waals surface area contributed by atoms with Crippen molar-refractivity contribution in [1.82, 2.24) is 5.32 Å². The molecule has 0 aromatic heterocycles. The van der Waals surface area contributed by atoms with Gasteiger partial charge in [-0.15, -0.1) is 0 Å².